The number of hydrogen-bond donors (Lipinski definition) is 4. The van der Waals surface area contributed by atoms with Crippen molar-refractivity contribution >= 4 is 23.9 Å². The highest BCUT2D eigenvalue weighted by molar-refractivity contribution is 6.19. The van der Waals surface area contributed by atoms with Crippen molar-refractivity contribution in [2.45, 2.75) is 77.7 Å². The van der Waals surface area contributed by atoms with Crippen LogP contribution in [0, 0.1) is 5.41 Å². The van der Waals surface area contributed by atoms with Crippen molar-refractivity contribution < 1.29 is 38.9 Å². The van der Waals surface area contributed by atoms with Crippen LogP contribution < -0.4 is 11.5 Å². The highest BCUT2D eigenvalue weighted by atomic mass is 16.6. The Morgan fingerprint density at radius 3 is 1.44 bits per heavy atom. The number of rotatable bonds is 8. The van der Waals surface area contributed by atoms with Gasteiger partial charge in [0.2, 0.25) is 0 Å². The van der Waals surface area contributed by atoms with Gasteiger partial charge in [0.05, 0.1) is 0 Å². The zero-order valence-electron chi connectivity index (χ0n) is 16.6. The van der Waals surface area contributed by atoms with E-state index >= 15 is 0 Å². The largest absolute Gasteiger partial charge is 0.481 e. The molecular formula is C17H30N2O8. The first-order valence-corrected chi connectivity index (χ1v) is 8.36. The lowest BCUT2D eigenvalue weighted by atomic mass is 9.72. The van der Waals surface area contributed by atoms with Gasteiger partial charge in [-0.1, -0.05) is 0 Å². The van der Waals surface area contributed by atoms with Gasteiger partial charge in [0.1, 0.15) is 16.9 Å². The molecule has 0 atom stereocenters. The van der Waals surface area contributed by atoms with Gasteiger partial charge in [-0.3, -0.25) is 19.2 Å². The second-order valence-electron chi connectivity index (χ2n) is 8.35. The number of esters is 2. The van der Waals surface area contributed by atoms with Crippen LogP contribution in [0.1, 0.15) is 60.8 Å². The number of nitrogens with two attached hydrogens (primary N) is 2. The summed E-state index contributed by atoms with van der Waals surface area (Å²) >= 11 is 0. The number of carbonyl (C=O) groups is 4. The van der Waals surface area contributed by atoms with E-state index < -0.39 is 52.6 Å². The van der Waals surface area contributed by atoms with Crippen molar-refractivity contribution in [2.24, 2.45) is 16.9 Å². The molecule has 0 spiro atoms. The van der Waals surface area contributed by atoms with Crippen LogP contribution in [0.4, 0.5) is 0 Å². The molecule has 0 bridgehead atoms. The number of ether oxygens (including phenoxy) is 2. The number of carbonyl (C=O) groups excluding carboxylic acids is 2. The van der Waals surface area contributed by atoms with Crippen molar-refractivity contribution in [2.75, 3.05) is 0 Å². The minimum absolute atomic E-state index is 0.164. The van der Waals surface area contributed by atoms with E-state index in [0.29, 0.717) is 0 Å². The van der Waals surface area contributed by atoms with Crippen molar-refractivity contribution in [1.82, 2.24) is 0 Å². The quantitative estimate of drug-likeness (QED) is 0.260. The van der Waals surface area contributed by atoms with E-state index in [2.05, 4.69) is 0 Å². The van der Waals surface area contributed by atoms with Gasteiger partial charge < -0.3 is 31.2 Å². The maximum absolute atomic E-state index is 12.8. The van der Waals surface area contributed by atoms with Gasteiger partial charge in [-0.2, -0.15) is 0 Å². The smallest absolute Gasteiger partial charge is 0.339 e. The Labute approximate surface area is 158 Å². The minimum atomic E-state index is -3.08. The summed E-state index contributed by atoms with van der Waals surface area (Å²) < 4.78 is 10.2. The summed E-state index contributed by atoms with van der Waals surface area (Å²) in [7, 11) is 0. The van der Waals surface area contributed by atoms with Crippen molar-refractivity contribution in [1.29, 1.82) is 0 Å². The van der Waals surface area contributed by atoms with E-state index in [9.17, 15) is 24.3 Å². The summed E-state index contributed by atoms with van der Waals surface area (Å²) in [6.07, 6.45) is -0.998. The lowest BCUT2D eigenvalue weighted by Gasteiger charge is -2.41. The molecule has 0 aliphatic carbocycles. The van der Waals surface area contributed by atoms with Gasteiger partial charge in [-0.15, -0.1) is 0 Å². The molecule has 6 N–H and O–H groups in total. The van der Waals surface area contributed by atoms with Gasteiger partial charge in [-0.05, 0) is 54.4 Å². The van der Waals surface area contributed by atoms with Gasteiger partial charge in [0.15, 0.2) is 0 Å². The highest BCUT2D eigenvalue weighted by Gasteiger charge is 2.68. The van der Waals surface area contributed by atoms with E-state index in [1.54, 1.807) is 0 Å². The van der Waals surface area contributed by atoms with E-state index in [0.717, 1.165) is 0 Å². The van der Waals surface area contributed by atoms with Gasteiger partial charge in [0, 0.05) is 6.42 Å². The molecule has 0 aromatic rings. The molecule has 0 rings (SSSR count). The molecule has 0 saturated heterocycles. The normalized spacial score (nSPS) is 13.0. The Bertz CT molecular complexity index is 571. The number of carboxylic acid groups (broad SMARTS) is 2. The Morgan fingerprint density at radius 2 is 1.19 bits per heavy atom. The highest BCUT2D eigenvalue weighted by Crippen LogP contribution is 2.36. The van der Waals surface area contributed by atoms with E-state index in [4.69, 9.17) is 26.0 Å². The van der Waals surface area contributed by atoms with Crippen LogP contribution >= 0.6 is 0 Å². The molecule has 0 unspecified atom stereocenters. The molecule has 0 aliphatic heterocycles. The third kappa shape index (κ3) is 6.47. The molecular weight excluding hydrogens is 360 g/mol. The first kappa shape index (κ1) is 24.8. The summed E-state index contributed by atoms with van der Waals surface area (Å²) in [6, 6.07) is 0. The van der Waals surface area contributed by atoms with Crippen LogP contribution in [0.5, 0.6) is 0 Å². The molecule has 27 heavy (non-hydrogen) atoms. The maximum atomic E-state index is 12.8. The number of aliphatic carboxylic acids is 2. The number of hydrogen-bond acceptors (Lipinski definition) is 8. The summed E-state index contributed by atoms with van der Waals surface area (Å²) in [5.41, 5.74) is 4.03. The Morgan fingerprint density at radius 1 is 0.815 bits per heavy atom. The molecule has 0 radical (unpaired) electrons. The Kier molecular flexibility index (Phi) is 7.55. The van der Waals surface area contributed by atoms with Crippen molar-refractivity contribution in [3.63, 3.8) is 0 Å². The summed E-state index contributed by atoms with van der Waals surface area (Å²) in [6.45, 7) is 8.87. The van der Waals surface area contributed by atoms with Crippen LogP contribution in [-0.2, 0) is 28.7 Å². The fourth-order valence-corrected chi connectivity index (χ4v) is 2.27. The molecule has 0 saturated carbocycles. The molecule has 0 heterocycles. The predicted octanol–water partition coefficient (Wildman–Crippen LogP) is 0.609. The van der Waals surface area contributed by atoms with E-state index in [-0.39, 0.29) is 12.8 Å². The maximum Gasteiger partial charge on any atom is 0.339 e. The molecule has 0 fully saturated rings. The molecule has 0 amide bonds. The average Bonchev–Trinajstić information content (AvgIpc) is 2.32. The Balaban J connectivity index is 6.30. The van der Waals surface area contributed by atoms with Crippen molar-refractivity contribution in [3.8, 4) is 0 Å². The lowest BCUT2D eigenvalue weighted by Crippen LogP contribution is -2.73. The first-order chi connectivity index (χ1) is 11.9. The minimum Gasteiger partial charge on any atom is -0.481 e. The molecule has 10 nitrogen and oxygen atoms in total. The van der Waals surface area contributed by atoms with Gasteiger partial charge in [-0.25, -0.2) is 0 Å². The third-order valence-electron chi connectivity index (χ3n) is 3.41. The fraction of sp³-hybridized carbons (Fsp3) is 0.765. The second kappa shape index (κ2) is 8.22. The zero-order valence-corrected chi connectivity index (χ0v) is 16.6. The average molecular weight is 390 g/mol. The van der Waals surface area contributed by atoms with Crippen LogP contribution in [0.3, 0.4) is 0 Å². The Hall–Kier alpha value is -2.20. The van der Waals surface area contributed by atoms with Crippen LogP contribution in [0.2, 0.25) is 0 Å². The molecule has 0 aromatic carbocycles. The van der Waals surface area contributed by atoms with Crippen LogP contribution in [0.15, 0.2) is 0 Å². The summed E-state index contributed by atoms with van der Waals surface area (Å²) in [5.74, 6) is -6.05. The SMILES string of the molecule is CC(C)(C)OC(=O)C(C(=O)O)(C(=O)OC(C)(C)C)C(N)(N)CCCC(=O)O. The monoisotopic (exact) mass is 390 g/mol. The topological polar surface area (TPSA) is 179 Å². The second-order valence-corrected chi connectivity index (χ2v) is 8.35. The summed E-state index contributed by atoms with van der Waals surface area (Å²) in [5, 5.41) is 18.6. The predicted molar refractivity (Wildman–Crippen MR) is 94.4 cm³/mol. The fourth-order valence-electron chi connectivity index (χ4n) is 2.27. The zero-order chi connectivity index (χ0) is 21.8. The molecule has 156 valence electrons. The molecule has 0 aliphatic rings. The van der Waals surface area contributed by atoms with Crippen LogP contribution in [-0.4, -0.2) is 51.0 Å². The van der Waals surface area contributed by atoms with E-state index in [1.807, 2.05) is 0 Å². The number of carboxylic acids is 2. The van der Waals surface area contributed by atoms with Crippen LogP contribution in [0.25, 0.3) is 0 Å². The lowest BCUT2D eigenvalue weighted by molar-refractivity contribution is -0.198. The first-order valence-electron chi connectivity index (χ1n) is 8.36. The van der Waals surface area contributed by atoms with Gasteiger partial charge >= 0.3 is 23.9 Å². The third-order valence-corrected chi connectivity index (χ3v) is 3.41. The summed E-state index contributed by atoms with van der Waals surface area (Å²) in [4.78, 5) is 48.5. The molecule has 0 aromatic heterocycles. The van der Waals surface area contributed by atoms with Gasteiger partial charge in [0.25, 0.3) is 5.41 Å². The standard InChI is InChI=1S/C17H30N2O8/c1-14(2,3)26-12(24)17(11(22)23,13(25)27-15(4,5)6)16(18,19)9-7-8-10(20)21/h7-9,18-19H2,1-6H3,(H,20,21)(H,22,23). The van der Waals surface area contributed by atoms with Crippen molar-refractivity contribution in [3.05, 3.63) is 0 Å². The molecule has 10 heteroatoms. The van der Waals surface area contributed by atoms with E-state index in [1.165, 1.54) is 41.5 Å².